The van der Waals surface area contributed by atoms with Crippen molar-refractivity contribution in [3.8, 4) is 0 Å². The van der Waals surface area contributed by atoms with E-state index in [-0.39, 0.29) is 0 Å². The molecule has 0 spiro atoms. The molecule has 1 N–H and O–H groups in total. The summed E-state index contributed by atoms with van der Waals surface area (Å²) in [6.07, 6.45) is 13.1. The topological polar surface area (TPSA) is 15.3 Å². The minimum Gasteiger partial charge on any atom is -0.316 e. The van der Waals surface area contributed by atoms with Crippen LogP contribution in [0.2, 0.25) is 0 Å². The highest BCUT2D eigenvalue weighted by atomic mass is 15.2. The van der Waals surface area contributed by atoms with Crippen molar-refractivity contribution >= 4 is 0 Å². The zero-order valence-corrected chi connectivity index (χ0v) is 13.2. The van der Waals surface area contributed by atoms with E-state index in [0.29, 0.717) is 5.41 Å². The van der Waals surface area contributed by atoms with Gasteiger partial charge in [-0.3, -0.25) is 0 Å². The van der Waals surface area contributed by atoms with Gasteiger partial charge in [0, 0.05) is 19.1 Å². The van der Waals surface area contributed by atoms with Crippen LogP contribution in [0.5, 0.6) is 0 Å². The van der Waals surface area contributed by atoms with Crippen molar-refractivity contribution in [2.24, 2.45) is 5.41 Å². The third-order valence-corrected chi connectivity index (χ3v) is 5.45. The van der Waals surface area contributed by atoms with Crippen LogP contribution in [0.3, 0.4) is 0 Å². The third kappa shape index (κ3) is 4.19. The molecule has 0 bridgehead atoms. The summed E-state index contributed by atoms with van der Waals surface area (Å²) in [6, 6.07) is 0.894. The highest BCUT2D eigenvalue weighted by Gasteiger charge is 2.35. The molecule has 0 heterocycles. The van der Waals surface area contributed by atoms with Gasteiger partial charge in [0.25, 0.3) is 0 Å². The summed E-state index contributed by atoms with van der Waals surface area (Å²) >= 11 is 0. The standard InChI is InChI=1S/C17H34N2/c1-3-18-14-17(12-8-5-9-13-17)15-19(4-2)16-10-6-7-11-16/h16,18H,3-15H2,1-2H3. The fourth-order valence-corrected chi connectivity index (χ4v) is 4.28. The molecule has 2 aliphatic carbocycles. The summed E-state index contributed by atoms with van der Waals surface area (Å²) in [5.74, 6) is 0. The second kappa shape index (κ2) is 7.64. The quantitative estimate of drug-likeness (QED) is 0.754. The maximum Gasteiger partial charge on any atom is 0.00953 e. The molecule has 0 aromatic carbocycles. The molecule has 0 aromatic heterocycles. The van der Waals surface area contributed by atoms with Crippen molar-refractivity contribution in [1.29, 1.82) is 0 Å². The largest absolute Gasteiger partial charge is 0.316 e. The van der Waals surface area contributed by atoms with Crippen LogP contribution in [0.15, 0.2) is 0 Å². The van der Waals surface area contributed by atoms with E-state index in [4.69, 9.17) is 0 Å². The third-order valence-electron chi connectivity index (χ3n) is 5.45. The number of rotatable bonds is 7. The normalized spacial score (nSPS) is 24.2. The average Bonchev–Trinajstić information content (AvgIpc) is 2.98. The summed E-state index contributed by atoms with van der Waals surface area (Å²) in [4.78, 5) is 2.82. The van der Waals surface area contributed by atoms with Gasteiger partial charge in [0.15, 0.2) is 0 Å². The van der Waals surface area contributed by atoms with Crippen LogP contribution in [-0.4, -0.2) is 37.1 Å². The molecular formula is C17H34N2. The lowest BCUT2D eigenvalue weighted by Gasteiger charge is -2.43. The Labute approximate surface area is 120 Å². The van der Waals surface area contributed by atoms with Crippen LogP contribution in [0, 0.1) is 5.41 Å². The maximum atomic E-state index is 3.65. The van der Waals surface area contributed by atoms with Crippen molar-refractivity contribution in [2.45, 2.75) is 77.7 Å². The van der Waals surface area contributed by atoms with Gasteiger partial charge in [0.1, 0.15) is 0 Å². The average molecular weight is 266 g/mol. The molecule has 0 unspecified atom stereocenters. The van der Waals surface area contributed by atoms with Crippen LogP contribution in [0.1, 0.15) is 71.6 Å². The van der Waals surface area contributed by atoms with Crippen molar-refractivity contribution in [3.05, 3.63) is 0 Å². The van der Waals surface area contributed by atoms with Crippen molar-refractivity contribution in [3.63, 3.8) is 0 Å². The molecule has 2 nitrogen and oxygen atoms in total. The molecule has 0 amide bonds. The molecule has 0 saturated heterocycles. The Kier molecular flexibility index (Phi) is 6.15. The summed E-state index contributed by atoms with van der Waals surface area (Å²) in [5, 5.41) is 3.65. The van der Waals surface area contributed by atoms with Crippen molar-refractivity contribution in [2.75, 3.05) is 26.2 Å². The zero-order chi connectivity index (χ0) is 13.6. The second-order valence-corrected chi connectivity index (χ2v) is 6.84. The fourth-order valence-electron chi connectivity index (χ4n) is 4.28. The SMILES string of the molecule is CCNCC1(CN(CC)C2CCCC2)CCCCC1. The van der Waals surface area contributed by atoms with Crippen molar-refractivity contribution in [1.82, 2.24) is 10.2 Å². The fraction of sp³-hybridized carbons (Fsp3) is 1.00. The Morgan fingerprint density at radius 1 is 1.00 bits per heavy atom. The summed E-state index contributed by atoms with van der Waals surface area (Å²) in [7, 11) is 0. The van der Waals surface area contributed by atoms with E-state index in [1.54, 1.807) is 0 Å². The van der Waals surface area contributed by atoms with Crippen molar-refractivity contribution < 1.29 is 0 Å². The first-order valence-corrected chi connectivity index (χ1v) is 8.74. The second-order valence-electron chi connectivity index (χ2n) is 6.84. The molecule has 2 fully saturated rings. The number of nitrogens with zero attached hydrogens (tertiary/aromatic N) is 1. The molecule has 112 valence electrons. The Bertz CT molecular complexity index is 240. The number of hydrogen-bond acceptors (Lipinski definition) is 2. The Hall–Kier alpha value is -0.0800. The molecule has 2 saturated carbocycles. The Morgan fingerprint density at radius 2 is 1.68 bits per heavy atom. The Balaban J connectivity index is 1.96. The molecule has 2 aliphatic rings. The first-order chi connectivity index (χ1) is 9.29. The zero-order valence-electron chi connectivity index (χ0n) is 13.2. The molecule has 0 atom stereocenters. The van der Waals surface area contributed by atoms with Gasteiger partial charge in [-0.2, -0.15) is 0 Å². The molecule has 0 aromatic rings. The van der Waals surface area contributed by atoms with Gasteiger partial charge in [-0.1, -0.05) is 46.0 Å². The van der Waals surface area contributed by atoms with Gasteiger partial charge < -0.3 is 10.2 Å². The number of nitrogens with one attached hydrogen (secondary N) is 1. The van der Waals surface area contributed by atoms with Crippen LogP contribution in [0.25, 0.3) is 0 Å². The Morgan fingerprint density at radius 3 is 2.26 bits per heavy atom. The van der Waals surface area contributed by atoms with E-state index in [1.165, 1.54) is 77.4 Å². The highest BCUT2D eigenvalue weighted by molar-refractivity contribution is 4.90. The molecule has 0 radical (unpaired) electrons. The molecule has 2 heteroatoms. The van der Waals surface area contributed by atoms with Crippen LogP contribution < -0.4 is 5.32 Å². The first kappa shape index (κ1) is 15.3. The molecular weight excluding hydrogens is 232 g/mol. The minimum atomic E-state index is 0.576. The summed E-state index contributed by atoms with van der Waals surface area (Å²) in [5.41, 5.74) is 0.576. The predicted octanol–water partition coefficient (Wildman–Crippen LogP) is 3.81. The van der Waals surface area contributed by atoms with Gasteiger partial charge in [-0.25, -0.2) is 0 Å². The van der Waals surface area contributed by atoms with Gasteiger partial charge in [-0.05, 0) is 44.2 Å². The van der Waals surface area contributed by atoms with E-state index in [2.05, 4.69) is 24.1 Å². The summed E-state index contributed by atoms with van der Waals surface area (Å²) in [6.45, 7) is 9.57. The first-order valence-electron chi connectivity index (χ1n) is 8.74. The van der Waals surface area contributed by atoms with E-state index >= 15 is 0 Å². The lowest BCUT2D eigenvalue weighted by molar-refractivity contribution is 0.0796. The highest BCUT2D eigenvalue weighted by Crippen LogP contribution is 2.38. The molecule has 0 aliphatic heterocycles. The molecule has 2 rings (SSSR count). The maximum absolute atomic E-state index is 3.65. The van der Waals surface area contributed by atoms with E-state index < -0.39 is 0 Å². The van der Waals surface area contributed by atoms with E-state index in [1.807, 2.05) is 0 Å². The van der Waals surface area contributed by atoms with E-state index in [9.17, 15) is 0 Å². The van der Waals surface area contributed by atoms with Gasteiger partial charge in [0.2, 0.25) is 0 Å². The van der Waals surface area contributed by atoms with E-state index in [0.717, 1.165) is 12.6 Å². The minimum absolute atomic E-state index is 0.576. The van der Waals surface area contributed by atoms with Crippen LogP contribution in [-0.2, 0) is 0 Å². The number of hydrogen-bond donors (Lipinski definition) is 1. The van der Waals surface area contributed by atoms with Gasteiger partial charge in [-0.15, -0.1) is 0 Å². The predicted molar refractivity (Wildman–Crippen MR) is 83.6 cm³/mol. The monoisotopic (exact) mass is 266 g/mol. The summed E-state index contributed by atoms with van der Waals surface area (Å²) < 4.78 is 0. The lowest BCUT2D eigenvalue weighted by atomic mass is 9.73. The van der Waals surface area contributed by atoms with Gasteiger partial charge >= 0.3 is 0 Å². The van der Waals surface area contributed by atoms with Crippen LogP contribution >= 0.6 is 0 Å². The molecule has 19 heavy (non-hydrogen) atoms. The van der Waals surface area contributed by atoms with Crippen LogP contribution in [0.4, 0.5) is 0 Å². The lowest BCUT2D eigenvalue weighted by Crippen LogP contribution is -2.48. The van der Waals surface area contributed by atoms with Gasteiger partial charge in [0.05, 0.1) is 0 Å². The smallest absolute Gasteiger partial charge is 0.00953 e.